The summed E-state index contributed by atoms with van der Waals surface area (Å²) in [5, 5.41) is 21.9. The highest BCUT2D eigenvalue weighted by Crippen LogP contribution is 2.21. The molecule has 3 N–H and O–H groups in total. The van der Waals surface area contributed by atoms with Crippen LogP contribution < -0.4 is 5.32 Å². The maximum Gasteiger partial charge on any atom is 0.450 e. The van der Waals surface area contributed by atoms with Crippen molar-refractivity contribution in [3.05, 3.63) is 35.4 Å². The molecule has 1 amide bonds. The molecule has 0 aliphatic rings. The fourth-order valence-electron chi connectivity index (χ4n) is 1.80. The number of amides is 1. The molecule has 1 aromatic carbocycles. The second-order valence-corrected chi connectivity index (χ2v) is 5.09. The summed E-state index contributed by atoms with van der Waals surface area (Å²) < 4.78 is 36.4. The lowest BCUT2D eigenvalue weighted by molar-refractivity contribution is -0.170. The molecule has 0 saturated carbocycles. The van der Waals surface area contributed by atoms with E-state index in [2.05, 4.69) is 5.32 Å². The van der Waals surface area contributed by atoms with E-state index in [1.165, 1.54) is 19.1 Å². The number of aliphatic hydroxyl groups excluding tert-OH is 2. The molecule has 2 atom stereocenters. The minimum Gasteiger partial charge on any atom is -0.388 e. The molecule has 132 valence electrons. The topological polar surface area (TPSA) is 104 Å². The molecule has 0 aliphatic heterocycles. The lowest BCUT2D eigenvalue weighted by atomic mass is 9.99. The molecule has 0 aromatic heterocycles. The molecule has 0 spiro atoms. The van der Waals surface area contributed by atoms with E-state index in [4.69, 9.17) is 0 Å². The summed E-state index contributed by atoms with van der Waals surface area (Å²) >= 11 is 0. The molecule has 0 radical (unpaired) electrons. The Morgan fingerprint density at radius 3 is 2.12 bits per heavy atom. The average molecular weight is 347 g/mol. The van der Waals surface area contributed by atoms with Gasteiger partial charge in [-0.25, -0.2) is 0 Å². The van der Waals surface area contributed by atoms with Crippen LogP contribution in [0, 0.1) is 0 Å². The Hall–Kier alpha value is -2.26. The van der Waals surface area contributed by atoms with E-state index >= 15 is 0 Å². The maximum absolute atomic E-state index is 12.1. The molecule has 9 heteroatoms. The standard InChI is InChI=1S/C15H16F3NO5/c1-8(20)19-7-12(22)14(24)10-4-2-9(3-5-10)11(21)6-13(23)15(16,17)18/h2-5,12,14,22,24H,6-7H2,1H3,(H,19,20). The van der Waals surface area contributed by atoms with Gasteiger partial charge in [0.1, 0.15) is 12.2 Å². The summed E-state index contributed by atoms with van der Waals surface area (Å²) in [6.45, 7) is 1.04. The normalized spacial score (nSPS) is 13.9. The zero-order valence-corrected chi connectivity index (χ0v) is 12.6. The molecule has 6 nitrogen and oxygen atoms in total. The van der Waals surface area contributed by atoms with E-state index in [0.29, 0.717) is 0 Å². The molecular weight excluding hydrogens is 331 g/mol. The minimum absolute atomic E-state index is 0.125. The number of carbonyl (C=O) groups excluding carboxylic acids is 3. The Bertz CT molecular complexity index is 613. The predicted octanol–water partition coefficient (Wildman–Crippen LogP) is 0.921. The van der Waals surface area contributed by atoms with Crippen LogP contribution in [0.15, 0.2) is 24.3 Å². The summed E-state index contributed by atoms with van der Waals surface area (Å²) in [4.78, 5) is 33.1. The molecular formula is C15H16F3NO5. The summed E-state index contributed by atoms with van der Waals surface area (Å²) in [5.74, 6) is -3.53. The van der Waals surface area contributed by atoms with Crippen molar-refractivity contribution in [2.24, 2.45) is 0 Å². The summed E-state index contributed by atoms with van der Waals surface area (Å²) in [5.41, 5.74) is 0.0754. The molecule has 0 saturated heterocycles. The van der Waals surface area contributed by atoms with Crippen LogP contribution in [0.3, 0.4) is 0 Å². The number of carbonyl (C=O) groups is 3. The summed E-state index contributed by atoms with van der Waals surface area (Å²) in [6, 6.07) is 4.78. The van der Waals surface area contributed by atoms with Crippen molar-refractivity contribution in [3.63, 3.8) is 0 Å². The molecule has 1 rings (SSSR count). The minimum atomic E-state index is -5.07. The Balaban J connectivity index is 2.73. The predicted molar refractivity (Wildman–Crippen MR) is 76.1 cm³/mol. The van der Waals surface area contributed by atoms with Crippen LogP contribution in [0.1, 0.15) is 35.4 Å². The van der Waals surface area contributed by atoms with E-state index in [9.17, 15) is 37.8 Å². The van der Waals surface area contributed by atoms with Crippen LogP contribution in [0.5, 0.6) is 0 Å². The van der Waals surface area contributed by atoms with Gasteiger partial charge in [-0.05, 0) is 5.56 Å². The van der Waals surface area contributed by atoms with Crippen molar-refractivity contribution >= 4 is 17.5 Å². The van der Waals surface area contributed by atoms with Crippen molar-refractivity contribution in [1.29, 1.82) is 0 Å². The molecule has 0 heterocycles. The Kier molecular flexibility index (Phi) is 6.61. The average Bonchev–Trinajstić information content (AvgIpc) is 2.50. The first-order valence-corrected chi connectivity index (χ1v) is 6.86. The van der Waals surface area contributed by atoms with Gasteiger partial charge in [-0.1, -0.05) is 24.3 Å². The van der Waals surface area contributed by atoms with Gasteiger partial charge in [0.25, 0.3) is 0 Å². The fraction of sp³-hybridized carbons (Fsp3) is 0.400. The lowest BCUT2D eigenvalue weighted by Crippen LogP contribution is -2.34. The van der Waals surface area contributed by atoms with Crippen LogP contribution >= 0.6 is 0 Å². The number of alkyl halides is 3. The van der Waals surface area contributed by atoms with E-state index < -0.39 is 42.3 Å². The van der Waals surface area contributed by atoms with Gasteiger partial charge >= 0.3 is 6.18 Å². The Labute approximate surface area is 135 Å². The Morgan fingerprint density at radius 2 is 1.67 bits per heavy atom. The second-order valence-electron chi connectivity index (χ2n) is 5.09. The molecule has 0 fully saturated rings. The maximum atomic E-state index is 12.1. The number of hydrogen-bond donors (Lipinski definition) is 3. The Morgan fingerprint density at radius 1 is 1.12 bits per heavy atom. The monoisotopic (exact) mass is 347 g/mol. The van der Waals surface area contributed by atoms with Gasteiger partial charge in [-0.3, -0.25) is 14.4 Å². The number of nitrogens with one attached hydrogen (secondary N) is 1. The van der Waals surface area contributed by atoms with E-state index in [-0.39, 0.29) is 17.7 Å². The molecule has 2 unspecified atom stereocenters. The quantitative estimate of drug-likeness (QED) is 0.503. The van der Waals surface area contributed by atoms with Crippen LogP contribution in [-0.2, 0) is 9.59 Å². The number of hydrogen-bond acceptors (Lipinski definition) is 5. The van der Waals surface area contributed by atoms with Gasteiger partial charge in [-0.2, -0.15) is 13.2 Å². The number of benzene rings is 1. The number of rotatable bonds is 7. The first-order chi connectivity index (χ1) is 11.0. The fourth-order valence-corrected chi connectivity index (χ4v) is 1.80. The van der Waals surface area contributed by atoms with Gasteiger partial charge in [0.15, 0.2) is 5.78 Å². The molecule has 0 aliphatic carbocycles. The summed E-state index contributed by atoms with van der Waals surface area (Å²) in [6.07, 6.45) is -9.03. The van der Waals surface area contributed by atoms with Crippen molar-refractivity contribution < 1.29 is 37.8 Å². The smallest absolute Gasteiger partial charge is 0.388 e. The van der Waals surface area contributed by atoms with Crippen LogP contribution in [0.2, 0.25) is 0 Å². The zero-order chi connectivity index (χ0) is 18.5. The highest BCUT2D eigenvalue weighted by atomic mass is 19.4. The third-order valence-corrected chi connectivity index (χ3v) is 3.14. The van der Waals surface area contributed by atoms with Crippen molar-refractivity contribution in [2.75, 3.05) is 6.54 Å². The zero-order valence-electron chi connectivity index (χ0n) is 12.6. The van der Waals surface area contributed by atoms with Gasteiger partial charge in [-0.15, -0.1) is 0 Å². The van der Waals surface area contributed by atoms with Crippen LogP contribution in [-0.4, -0.2) is 46.5 Å². The highest BCUT2D eigenvalue weighted by molar-refractivity contribution is 6.09. The summed E-state index contributed by atoms with van der Waals surface area (Å²) in [7, 11) is 0. The van der Waals surface area contributed by atoms with E-state index in [1.807, 2.05) is 0 Å². The number of ketones is 2. The second kappa shape index (κ2) is 8.02. The molecule has 1 aromatic rings. The molecule has 0 bridgehead atoms. The number of aliphatic hydroxyl groups is 2. The lowest BCUT2D eigenvalue weighted by Gasteiger charge is -2.18. The third-order valence-electron chi connectivity index (χ3n) is 3.14. The first-order valence-electron chi connectivity index (χ1n) is 6.86. The highest BCUT2D eigenvalue weighted by Gasteiger charge is 2.39. The van der Waals surface area contributed by atoms with Crippen molar-refractivity contribution in [3.8, 4) is 0 Å². The van der Waals surface area contributed by atoms with Gasteiger partial charge in [0.05, 0.1) is 6.42 Å². The molecule has 24 heavy (non-hydrogen) atoms. The van der Waals surface area contributed by atoms with E-state index in [1.54, 1.807) is 0 Å². The van der Waals surface area contributed by atoms with Gasteiger partial charge in [0.2, 0.25) is 11.7 Å². The SMILES string of the molecule is CC(=O)NCC(O)C(O)c1ccc(C(=O)CC(=O)C(F)(F)F)cc1. The van der Waals surface area contributed by atoms with E-state index in [0.717, 1.165) is 12.1 Å². The van der Waals surface area contributed by atoms with Crippen molar-refractivity contribution in [1.82, 2.24) is 5.32 Å². The van der Waals surface area contributed by atoms with Crippen LogP contribution in [0.4, 0.5) is 13.2 Å². The number of Topliss-reactive ketones (excluding diaryl/α,β-unsaturated/α-hetero) is 2. The largest absolute Gasteiger partial charge is 0.450 e. The third kappa shape index (κ3) is 5.74. The number of halogens is 3. The van der Waals surface area contributed by atoms with Gasteiger partial charge in [0, 0.05) is 19.0 Å². The van der Waals surface area contributed by atoms with Crippen LogP contribution in [0.25, 0.3) is 0 Å². The first kappa shape index (κ1) is 19.8. The van der Waals surface area contributed by atoms with Crippen molar-refractivity contribution in [2.45, 2.75) is 31.7 Å². The van der Waals surface area contributed by atoms with Gasteiger partial charge < -0.3 is 15.5 Å².